The molecule has 0 N–H and O–H groups in total. The summed E-state index contributed by atoms with van der Waals surface area (Å²) in [4.78, 5) is 15.2. The van der Waals surface area contributed by atoms with E-state index < -0.39 is 0 Å². The minimum absolute atomic E-state index is 0.176. The number of para-hydroxylation sites is 1. The molecule has 0 saturated carbocycles. The van der Waals surface area contributed by atoms with Crippen molar-refractivity contribution in [3.63, 3.8) is 0 Å². The van der Waals surface area contributed by atoms with Crippen LogP contribution in [0.2, 0.25) is 0 Å². The molecule has 3 nitrogen and oxygen atoms in total. The van der Waals surface area contributed by atoms with E-state index in [1.54, 1.807) is 0 Å². The summed E-state index contributed by atoms with van der Waals surface area (Å²) < 4.78 is 2.20. The third kappa shape index (κ3) is 3.19. The van der Waals surface area contributed by atoms with Crippen molar-refractivity contribution in [2.45, 2.75) is 26.3 Å². The molecule has 3 heteroatoms. The van der Waals surface area contributed by atoms with Gasteiger partial charge < -0.3 is 9.47 Å². The number of hydrogen-bond donors (Lipinski definition) is 0. The molecule has 0 bridgehead atoms. The summed E-state index contributed by atoms with van der Waals surface area (Å²) in [5, 5.41) is 1.06. The number of fused-ring (bicyclic) bond motifs is 1. The van der Waals surface area contributed by atoms with E-state index in [1.807, 2.05) is 29.3 Å². The Morgan fingerprint density at radius 3 is 2.64 bits per heavy atom. The van der Waals surface area contributed by atoms with Crippen molar-refractivity contribution in [1.82, 2.24) is 9.47 Å². The molecule has 1 aromatic heterocycles. The molecule has 2 heterocycles. The van der Waals surface area contributed by atoms with Crippen LogP contribution >= 0.6 is 0 Å². The lowest BCUT2D eigenvalue weighted by molar-refractivity contribution is 0.0685. The Kier molecular flexibility index (Phi) is 4.31. The maximum Gasteiger partial charge on any atom is 0.256 e. The second-order valence-electron chi connectivity index (χ2n) is 7.17. The monoisotopic (exact) mass is 332 g/mol. The topological polar surface area (TPSA) is 25.2 Å². The molecule has 128 valence electrons. The Morgan fingerprint density at radius 2 is 1.84 bits per heavy atom. The third-order valence-corrected chi connectivity index (χ3v) is 5.16. The van der Waals surface area contributed by atoms with Gasteiger partial charge in [0.1, 0.15) is 0 Å². The second kappa shape index (κ2) is 6.75. The normalized spacial score (nSPS) is 17.8. The first kappa shape index (κ1) is 15.9. The van der Waals surface area contributed by atoms with E-state index in [9.17, 15) is 4.79 Å². The standard InChI is InChI=1S/C22H24N2O/c1-17-8-7-13-23(14-17)22(25)20-16-24(15-18-9-3-2-4-10-18)21-12-6-5-11-19(20)21/h2-6,9-12,16-17H,7-8,13-15H2,1H3. The van der Waals surface area contributed by atoms with Crippen LogP contribution < -0.4 is 0 Å². The Hall–Kier alpha value is -2.55. The summed E-state index contributed by atoms with van der Waals surface area (Å²) in [5.41, 5.74) is 3.20. The first-order valence-corrected chi connectivity index (χ1v) is 9.13. The number of carbonyl (C=O) groups is 1. The molecule has 3 aromatic rings. The van der Waals surface area contributed by atoms with Gasteiger partial charge in [0.2, 0.25) is 0 Å². The Balaban J connectivity index is 1.71. The van der Waals surface area contributed by atoms with Crippen LogP contribution in [0.4, 0.5) is 0 Å². The number of nitrogens with zero attached hydrogens (tertiary/aromatic N) is 2. The first-order valence-electron chi connectivity index (χ1n) is 9.13. The number of piperidine rings is 1. The third-order valence-electron chi connectivity index (χ3n) is 5.16. The van der Waals surface area contributed by atoms with Crippen LogP contribution in [0.15, 0.2) is 60.8 Å². The highest BCUT2D eigenvalue weighted by molar-refractivity contribution is 6.07. The van der Waals surface area contributed by atoms with Gasteiger partial charge in [0.25, 0.3) is 5.91 Å². The molecule has 0 radical (unpaired) electrons. The molecule has 1 fully saturated rings. The zero-order valence-corrected chi connectivity index (χ0v) is 14.7. The average molecular weight is 332 g/mol. The average Bonchev–Trinajstić information content (AvgIpc) is 3.01. The predicted octanol–water partition coefficient (Wildman–Crippen LogP) is 4.56. The van der Waals surface area contributed by atoms with Crippen LogP contribution in [0.1, 0.15) is 35.7 Å². The van der Waals surface area contributed by atoms with Gasteiger partial charge in [-0.1, -0.05) is 55.5 Å². The van der Waals surface area contributed by atoms with E-state index in [-0.39, 0.29) is 5.91 Å². The van der Waals surface area contributed by atoms with Gasteiger partial charge in [-0.2, -0.15) is 0 Å². The molecule has 1 amide bonds. The van der Waals surface area contributed by atoms with Gasteiger partial charge in [-0.15, -0.1) is 0 Å². The van der Waals surface area contributed by atoms with Gasteiger partial charge in [-0.3, -0.25) is 4.79 Å². The molecule has 0 aliphatic carbocycles. The number of carbonyl (C=O) groups excluding carboxylic acids is 1. The number of benzene rings is 2. The maximum absolute atomic E-state index is 13.1. The molecule has 1 atom stereocenters. The molecule has 2 aromatic carbocycles. The maximum atomic E-state index is 13.1. The molecular weight excluding hydrogens is 308 g/mol. The first-order chi connectivity index (χ1) is 12.2. The van der Waals surface area contributed by atoms with E-state index in [2.05, 4.69) is 47.9 Å². The molecule has 1 saturated heterocycles. The molecule has 4 rings (SSSR count). The molecule has 1 aliphatic rings. The minimum atomic E-state index is 0.176. The van der Waals surface area contributed by atoms with Gasteiger partial charge in [0.15, 0.2) is 0 Å². The second-order valence-corrected chi connectivity index (χ2v) is 7.17. The van der Waals surface area contributed by atoms with Crippen LogP contribution in [-0.4, -0.2) is 28.5 Å². The summed E-state index contributed by atoms with van der Waals surface area (Å²) in [7, 11) is 0. The molecule has 1 aliphatic heterocycles. The minimum Gasteiger partial charge on any atom is -0.342 e. The van der Waals surface area contributed by atoms with Crippen molar-refractivity contribution in [3.05, 3.63) is 71.9 Å². The number of rotatable bonds is 3. The van der Waals surface area contributed by atoms with Crippen molar-refractivity contribution in [2.75, 3.05) is 13.1 Å². The summed E-state index contributed by atoms with van der Waals surface area (Å²) in [5.74, 6) is 0.768. The van der Waals surface area contributed by atoms with Crippen molar-refractivity contribution in [2.24, 2.45) is 5.92 Å². The molecule has 25 heavy (non-hydrogen) atoms. The fourth-order valence-electron chi connectivity index (χ4n) is 3.87. The largest absolute Gasteiger partial charge is 0.342 e. The highest BCUT2D eigenvalue weighted by atomic mass is 16.2. The SMILES string of the molecule is CC1CCCN(C(=O)c2cn(Cc3ccccc3)c3ccccc23)C1. The number of aromatic nitrogens is 1. The number of amides is 1. The fourth-order valence-corrected chi connectivity index (χ4v) is 3.87. The Bertz CT molecular complexity index is 881. The number of likely N-dealkylation sites (tertiary alicyclic amines) is 1. The van der Waals surface area contributed by atoms with Crippen LogP contribution in [0.3, 0.4) is 0 Å². The van der Waals surface area contributed by atoms with Crippen molar-refractivity contribution >= 4 is 16.8 Å². The van der Waals surface area contributed by atoms with Gasteiger partial charge in [0, 0.05) is 36.7 Å². The Morgan fingerprint density at radius 1 is 1.08 bits per heavy atom. The van der Waals surface area contributed by atoms with Crippen molar-refractivity contribution < 1.29 is 4.79 Å². The van der Waals surface area contributed by atoms with Gasteiger partial charge in [-0.25, -0.2) is 0 Å². The molecular formula is C22H24N2O. The van der Waals surface area contributed by atoms with E-state index in [1.165, 1.54) is 12.0 Å². The van der Waals surface area contributed by atoms with Crippen molar-refractivity contribution in [3.8, 4) is 0 Å². The highest BCUT2D eigenvalue weighted by Crippen LogP contribution is 2.26. The van der Waals surface area contributed by atoms with Gasteiger partial charge in [-0.05, 0) is 30.4 Å². The summed E-state index contributed by atoms with van der Waals surface area (Å²) in [6, 6.07) is 18.6. The van der Waals surface area contributed by atoms with Crippen LogP contribution in [0, 0.1) is 5.92 Å². The van der Waals surface area contributed by atoms with E-state index in [0.717, 1.165) is 42.5 Å². The highest BCUT2D eigenvalue weighted by Gasteiger charge is 2.24. The van der Waals surface area contributed by atoms with Gasteiger partial charge >= 0.3 is 0 Å². The van der Waals surface area contributed by atoms with E-state index in [4.69, 9.17) is 0 Å². The van der Waals surface area contributed by atoms with Crippen LogP contribution in [-0.2, 0) is 6.54 Å². The fraction of sp³-hybridized carbons (Fsp3) is 0.318. The molecule has 0 spiro atoms. The summed E-state index contributed by atoms with van der Waals surface area (Å²) >= 11 is 0. The zero-order chi connectivity index (χ0) is 17.2. The predicted molar refractivity (Wildman–Crippen MR) is 102 cm³/mol. The van der Waals surface area contributed by atoms with Crippen LogP contribution in [0.25, 0.3) is 10.9 Å². The van der Waals surface area contributed by atoms with E-state index >= 15 is 0 Å². The van der Waals surface area contributed by atoms with Gasteiger partial charge in [0.05, 0.1) is 5.56 Å². The lowest BCUT2D eigenvalue weighted by Gasteiger charge is -2.30. The lowest BCUT2D eigenvalue weighted by Crippen LogP contribution is -2.39. The zero-order valence-electron chi connectivity index (χ0n) is 14.7. The summed E-state index contributed by atoms with van der Waals surface area (Å²) in [6.45, 7) is 4.77. The summed E-state index contributed by atoms with van der Waals surface area (Å²) in [6.07, 6.45) is 4.37. The quantitative estimate of drug-likeness (QED) is 0.690. The van der Waals surface area contributed by atoms with Crippen molar-refractivity contribution in [1.29, 1.82) is 0 Å². The Labute approximate surface area is 148 Å². The molecule has 1 unspecified atom stereocenters. The number of hydrogen-bond acceptors (Lipinski definition) is 1. The lowest BCUT2D eigenvalue weighted by atomic mass is 9.99. The smallest absolute Gasteiger partial charge is 0.256 e. The van der Waals surface area contributed by atoms with Crippen LogP contribution in [0.5, 0.6) is 0 Å². The van der Waals surface area contributed by atoms with E-state index in [0.29, 0.717) is 5.92 Å².